The van der Waals surface area contributed by atoms with E-state index in [1.54, 1.807) is 24.9 Å². The summed E-state index contributed by atoms with van der Waals surface area (Å²) in [5, 5.41) is 4.64. The van der Waals surface area contributed by atoms with Gasteiger partial charge in [-0.1, -0.05) is 11.6 Å². The van der Waals surface area contributed by atoms with Crippen molar-refractivity contribution in [2.24, 2.45) is 7.05 Å². The second-order valence-corrected chi connectivity index (χ2v) is 5.25. The van der Waals surface area contributed by atoms with Gasteiger partial charge in [0.2, 0.25) is 5.91 Å². The smallest absolute Gasteiger partial charge is 0.307 e. The summed E-state index contributed by atoms with van der Waals surface area (Å²) in [6.07, 6.45) is 3.18. The minimum atomic E-state index is -0.365. The number of methoxy groups -OCH3 is 2. The van der Waals surface area contributed by atoms with Crippen LogP contribution in [0, 0.1) is 6.92 Å². The molecule has 0 N–H and O–H groups in total. The molecule has 1 amide bonds. The van der Waals surface area contributed by atoms with Crippen LogP contribution in [0.5, 0.6) is 0 Å². The van der Waals surface area contributed by atoms with E-state index >= 15 is 0 Å². The number of nitrogens with zero attached hydrogens (tertiary/aromatic N) is 3. The summed E-state index contributed by atoms with van der Waals surface area (Å²) < 4.78 is 11.1. The predicted molar refractivity (Wildman–Crippen MR) is 87.1 cm³/mol. The van der Waals surface area contributed by atoms with Crippen molar-refractivity contribution >= 4 is 29.6 Å². The number of amides is 1. The van der Waals surface area contributed by atoms with Crippen molar-refractivity contribution in [3.63, 3.8) is 0 Å². The van der Waals surface area contributed by atoms with Gasteiger partial charge in [-0.3, -0.25) is 14.3 Å². The number of halogens is 1. The molecule has 0 aliphatic rings. The molecule has 0 bridgehead atoms. The number of aromatic nitrogens is 2. The van der Waals surface area contributed by atoms with Gasteiger partial charge in [0.1, 0.15) is 5.15 Å². The molecular weight excluding hydrogens is 322 g/mol. The molecule has 1 heterocycles. The summed E-state index contributed by atoms with van der Waals surface area (Å²) in [6.45, 7) is 2.85. The molecule has 0 saturated carbocycles. The van der Waals surface area contributed by atoms with Crippen LogP contribution in [0.1, 0.15) is 17.7 Å². The lowest BCUT2D eigenvalue weighted by molar-refractivity contribution is -0.141. The van der Waals surface area contributed by atoms with Gasteiger partial charge in [0.15, 0.2) is 0 Å². The van der Waals surface area contributed by atoms with E-state index in [-0.39, 0.29) is 24.8 Å². The minimum absolute atomic E-state index is 0.131. The van der Waals surface area contributed by atoms with Crippen LogP contribution in [0.3, 0.4) is 0 Å². The molecule has 0 aliphatic carbocycles. The first-order chi connectivity index (χ1) is 10.9. The van der Waals surface area contributed by atoms with Gasteiger partial charge in [-0.25, -0.2) is 0 Å². The Hall–Kier alpha value is -1.86. The van der Waals surface area contributed by atoms with Crippen molar-refractivity contribution in [2.75, 3.05) is 33.9 Å². The molecule has 0 spiro atoms. The fourth-order valence-corrected chi connectivity index (χ4v) is 2.20. The van der Waals surface area contributed by atoms with Crippen LogP contribution in [0.15, 0.2) is 6.08 Å². The lowest BCUT2D eigenvalue weighted by Gasteiger charge is -2.20. The maximum Gasteiger partial charge on any atom is 0.307 e. The van der Waals surface area contributed by atoms with E-state index < -0.39 is 0 Å². The molecule has 0 aromatic carbocycles. The Labute approximate surface area is 140 Å². The summed E-state index contributed by atoms with van der Waals surface area (Å²) in [7, 11) is 4.60. The van der Waals surface area contributed by atoms with E-state index in [9.17, 15) is 9.59 Å². The lowest BCUT2D eigenvalue weighted by atomic mass is 10.2. The first kappa shape index (κ1) is 19.2. The third-order valence-electron chi connectivity index (χ3n) is 3.28. The number of carbonyl (C=O) groups excluding carboxylic acids is 2. The Morgan fingerprint density at radius 1 is 1.35 bits per heavy atom. The van der Waals surface area contributed by atoms with Gasteiger partial charge in [-0.15, -0.1) is 0 Å². The summed E-state index contributed by atoms with van der Waals surface area (Å²) in [6, 6.07) is 0. The van der Waals surface area contributed by atoms with Crippen LogP contribution in [-0.4, -0.2) is 60.5 Å². The number of hydrogen-bond acceptors (Lipinski definition) is 5. The van der Waals surface area contributed by atoms with Crippen molar-refractivity contribution in [1.82, 2.24) is 14.7 Å². The molecule has 0 atom stereocenters. The third-order valence-corrected chi connectivity index (χ3v) is 3.73. The van der Waals surface area contributed by atoms with Crippen LogP contribution < -0.4 is 0 Å². The first-order valence-corrected chi connectivity index (χ1v) is 7.50. The molecule has 0 radical (unpaired) electrons. The minimum Gasteiger partial charge on any atom is -0.469 e. The molecule has 8 heteroatoms. The van der Waals surface area contributed by atoms with E-state index in [0.717, 1.165) is 5.69 Å². The van der Waals surface area contributed by atoms with Gasteiger partial charge >= 0.3 is 5.97 Å². The highest BCUT2D eigenvalue weighted by Gasteiger charge is 2.14. The maximum atomic E-state index is 12.3. The van der Waals surface area contributed by atoms with Crippen molar-refractivity contribution in [2.45, 2.75) is 13.3 Å². The molecule has 1 rings (SSSR count). The van der Waals surface area contributed by atoms with Crippen LogP contribution in [0.4, 0.5) is 0 Å². The molecule has 0 unspecified atom stereocenters. The first-order valence-electron chi connectivity index (χ1n) is 7.12. The highest BCUT2D eigenvalue weighted by molar-refractivity contribution is 6.31. The fourth-order valence-electron chi connectivity index (χ4n) is 1.96. The summed E-state index contributed by atoms with van der Waals surface area (Å²) in [4.78, 5) is 25.1. The van der Waals surface area contributed by atoms with Gasteiger partial charge in [0.05, 0.1) is 25.8 Å². The molecule has 7 nitrogen and oxygen atoms in total. The van der Waals surface area contributed by atoms with Crippen LogP contribution in [0.25, 0.3) is 6.08 Å². The maximum absolute atomic E-state index is 12.3. The zero-order valence-electron chi connectivity index (χ0n) is 13.8. The monoisotopic (exact) mass is 343 g/mol. The van der Waals surface area contributed by atoms with E-state index in [0.29, 0.717) is 23.9 Å². The molecule has 23 heavy (non-hydrogen) atoms. The number of hydrogen-bond donors (Lipinski definition) is 0. The lowest BCUT2D eigenvalue weighted by Crippen LogP contribution is -2.34. The average molecular weight is 344 g/mol. The van der Waals surface area contributed by atoms with Crippen LogP contribution >= 0.6 is 11.6 Å². The molecule has 0 fully saturated rings. The van der Waals surface area contributed by atoms with E-state index in [2.05, 4.69) is 9.84 Å². The zero-order chi connectivity index (χ0) is 17.4. The van der Waals surface area contributed by atoms with E-state index in [1.165, 1.54) is 18.1 Å². The third kappa shape index (κ3) is 5.69. The van der Waals surface area contributed by atoms with Gasteiger partial charge in [0.25, 0.3) is 0 Å². The second kappa shape index (κ2) is 9.32. The van der Waals surface area contributed by atoms with Crippen molar-refractivity contribution < 1.29 is 19.1 Å². The SMILES string of the molecule is COCCN(CCC(=O)OC)C(=O)C=Cc1c(C)nn(C)c1Cl. The summed E-state index contributed by atoms with van der Waals surface area (Å²) in [5.74, 6) is -0.597. The number of esters is 1. The van der Waals surface area contributed by atoms with Crippen LogP contribution in [-0.2, 0) is 26.1 Å². The summed E-state index contributed by atoms with van der Waals surface area (Å²) in [5.41, 5.74) is 1.43. The van der Waals surface area contributed by atoms with Gasteiger partial charge in [-0.2, -0.15) is 5.10 Å². The molecule has 1 aromatic heterocycles. The highest BCUT2D eigenvalue weighted by Crippen LogP contribution is 2.20. The van der Waals surface area contributed by atoms with E-state index in [1.807, 2.05) is 6.92 Å². The van der Waals surface area contributed by atoms with Crippen molar-refractivity contribution in [3.8, 4) is 0 Å². The fraction of sp³-hybridized carbons (Fsp3) is 0.533. The Kier molecular flexibility index (Phi) is 7.77. The standard InChI is InChI=1S/C15H22ClN3O4/c1-11-12(15(16)18(2)17-11)5-6-13(20)19(9-10-22-3)8-7-14(21)23-4/h5-6H,7-10H2,1-4H3. The number of rotatable bonds is 8. The average Bonchev–Trinajstić information content (AvgIpc) is 2.77. The molecular formula is C15H22ClN3O4. The number of aryl methyl sites for hydroxylation is 2. The summed E-state index contributed by atoms with van der Waals surface area (Å²) >= 11 is 6.13. The van der Waals surface area contributed by atoms with Crippen LogP contribution in [0.2, 0.25) is 5.15 Å². The second-order valence-electron chi connectivity index (χ2n) is 4.89. The van der Waals surface area contributed by atoms with Crippen molar-refractivity contribution in [3.05, 3.63) is 22.5 Å². The Balaban J connectivity index is 2.78. The largest absolute Gasteiger partial charge is 0.469 e. The zero-order valence-corrected chi connectivity index (χ0v) is 14.6. The number of ether oxygens (including phenoxy) is 2. The number of carbonyl (C=O) groups is 2. The van der Waals surface area contributed by atoms with E-state index in [4.69, 9.17) is 16.3 Å². The highest BCUT2D eigenvalue weighted by atomic mass is 35.5. The normalized spacial score (nSPS) is 11.0. The van der Waals surface area contributed by atoms with Crippen molar-refractivity contribution in [1.29, 1.82) is 0 Å². The molecule has 1 aromatic rings. The molecule has 0 aliphatic heterocycles. The Bertz CT molecular complexity index is 584. The predicted octanol–water partition coefficient (Wildman–Crippen LogP) is 1.43. The van der Waals surface area contributed by atoms with Gasteiger partial charge in [-0.05, 0) is 13.0 Å². The quantitative estimate of drug-likeness (QED) is 0.527. The van der Waals surface area contributed by atoms with Gasteiger partial charge in [0, 0.05) is 38.9 Å². The molecule has 0 saturated heterocycles. The molecule has 128 valence electrons. The Morgan fingerprint density at radius 3 is 2.57 bits per heavy atom. The topological polar surface area (TPSA) is 73.7 Å². The Morgan fingerprint density at radius 2 is 2.04 bits per heavy atom. The van der Waals surface area contributed by atoms with Gasteiger partial charge < -0.3 is 14.4 Å².